The highest BCUT2D eigenvalue weighted by Gasteiger charge is 2.38. The number of aromatic amines is 1. The summed E-state index contributed by atoms with van der Waals surface area (Å²) in [4.78, 5) is 7.08. The molecule has 1 aromatic carbocycles. The van der Waals surface area contributed by atoms with Gasteiger partial charge in [0.1, 0.15) is 5.15 Å². The molecule has 0 fully saturated rings. The molecule has 3 heterocycles. The van der Waals surface area contributed by atoms with Crippen LogP contribution < -0.4 is 4.31 Å². The normalized spacial score (nSPS) is 16.3. The van der Waals surface area contributed by atoms with Crippen molar-refractivity contribution in [2.24, 2.45) is 0 Å². The summed E-state index contributed by atoms with van der Waals surface area (Å²) in [5.74, 6) is 0. The zero-order valence-electron chi connectivity index (χ0n) is 14.5. The van der Waals surface area contributed by atoms with Crippen LogP contribution in [0, 0.1) is 0 Å². The molecular weight excluding hydrogens is 443 g/mol. The zero-order valence-corrected chi connectivity index (χ0v) is 17.6. The van der Waals surface area contributed by atoms with E-state index in [0.29, 0.717) is 31.8 Å². The minimum atomic E-state index is -3.81. The van der Waals surface area contributed by atoms with Gasteiger partial charge in [0, 0.05) is 30.9 Å². The van der Waals surface area contributed by atoms with Crippen molar-refractivity contribution in [3.05, 3.63) is 69.6 Å². The molecule has 0 radical (unpaired) electrons. The van der Waals surface area contributed by atoms with E-state index in [9.17, 15) is 8.42 Å². The van der Waals surface area contributed by atoms with Crippen molar-refractivity contribution in [1.82, 2.24) is 14.3 Å². The standard InChI is InChI=1S/C18H15Cl3N4O2S/c1-2-5-25-18-12(6-13(19)16-14(20)8-23-17(16)18)10-24(28(25,26)27)9-11-3-4-15(21)22-7-11/h2-4,6-8,23H,1,5,9-10H2. The number of hydrogen-bond donors (Lipinski definition) is 1. The molecular formula is C18H15Cl3N4O2S. The van der Waals surface area contributed by atoms with Gasteiger partial charge in [0.25, 0.3) is 0 Å². The van der Waals surface area contributed by atoms with Gasteiger partial charge in [0.2, 0.25) is 0 Å². The molecule has 0 saturated carbocycles. The van der Waals surface area contributed by atoms with E-state index in [2.05, 4.69) is 16.5 Å². The molecule has 0 spiro atoms. The SMILES string of the molecule is C=CCN1c2c(cc(Cl)c3c(Cl)c[nH]c23)CN(Cc2ccc(Cl)nc2)S1(=O)=O. The van der Waals surface area contributed by atoms with Gasteiger partial charge in [-0.3, -0.25) is 4.31 Å². The molecule has 28 heavy (non-hydrogen) atoms. The minimum absolute atomic E-state index is 0.109. The summed E-state index contributed by atoms with van der Waals surface area (Å²) in [5, 5.41) is 1.85. The fourth-order valence-electron chi connectivity index (χ4n) is 3.35. The van der Waals surface area contributed by atoms with Crippen LogP contribution in [0.3, 0.4) is 0 Å². The number of nitrogens with one attached hydrogen (secondary N) is 1. The van der Waals surface area contributed by atoms with Crippen molar-refractivity contribution in [3.63, 3.8) is 0 Å². The van der Waals surface area contributed by atoms with Crippen molar-refractivity contribution >= 4 is 61.6 Å². The van der Waals surface area contributed by atoms with Crippen molar-refractivity contribution in [2.75, 3.05) is 10.8 Å². The molecule has 2 aromatic heterocycles. The van der Waals surface area contributed by atoms with Crippen LogP contribution in [0.1, 0.15) is 11.1 Å². The summed E-state index contributed by atoms with van der Waals surface area (Å²) in [5.41, 5.74) is 2.63. The number of hydrogen-bond acceptors (Lipinski definition) is 3. The van der Waals surface area contributed by atoms with E-state index < -0.39 is 10.2 Å². The van der Waals surface area contributed by atoms with E-state index in [1.54, 1.807) is 36.7 Å². The molecule has 1 N–H and O–H groups in total. The summed E-state index contributed by atoms with van der Waals surface area (Å²) in [7, 11) is -3.81. The minimum Gasteiger partial charge on any atom is -0.358 e. The quantitative estimate of drug-likeness (QED) is 0.453. The Morgan fingerprint density at radius 2 is 2.04 bits per heavy atom. The van der Waals surface area contributed by atoms with Gasteiger partial charge in [0.05, 0.1) is 27.8 Å². The number of rotatable bonds is 4. The first-order valence-corrected chi connectivity index (χ1v) is 10.8. The van der Waals surface area contributed by atoms with Crippen LogP contribution in [0.4, 0.5) is 5.69 Å². The van der Waals surface area contributed by atoms with Crippen LogP contribution in [0.25, 0.3) is 10.9 Å². The molecule has 0 bridgehead atoms. The molecule has 0 atom stereocenters. The van der Waals surface area contributed by atoms with Gasteiger partial charge >= 0.3 is 10.2 Å². The lowest BCUT2D eigenvalue weighted by atomic mass is 10.1. The Labute approximate surface area is 177 Å². The summed E-state index contributed by atoms with van der Waals surface area (Å²) in [6.07, 6.45) is 4.70. The number of pyridine rings is 1. The molecule has 3 aromatic rings. The van der Waals surface area contributed by atoms with Gasteiger partial charge in [-0.25, -0.2) is 4.98 Å². The average molecular weight is 458 g/mol. The van der Waals surface area contributed by atoms with Crippen LogP contribution in [0.2, 0.25) is 15.2 Å². The van der Waals surface area contributed by atoms with Gasteiger partial charge in [0.15, 0.2) is 0 Å². The first-order valence-electron chi connectivity index (χ1n) is 8.30. The molecule has 1 aliphatic rings. The summed E-state index contributed by atoms with van der Waals surface area (Å²) in [6, 6.07) is 5.14. The molecule has 10 heteroatoms. The van der Waals surface area contributed by atoms with Gasteiger partial charge < -0.3 is 4.98 Å². The van der Waals surface area contributed by atoms with Crippen molar-refractivity contribution in [1.29, 1.82) is 0 Å². The van der Waals surface area contributed by atoms with Gasteiger partial charge in [-0.2, -0.15) is 12.7 Å². The Kier molecular flexibility index (Phi) is 5.05. The second kappa shape index (κ2) is 7.24. The lowest BCUT2D eigenvalue weighted by Gasteiger charge is -2.37. The lowest BCUT2D eigenvalue weighted by molar-refractivity contribution is 0.392. The zero-order chi connectivity index (χ0) is 20.1. The predicted octanol–water partition coefficient (Wildman–Crippen LogP) is 4.78. The van der Waals surface area contributed by atoms with Crippen LogP contribution in [0.15, 0.2) is 43.2 Å². The number of benzene rings is 1. The lowest BCUT2D eigenvalue weighted by Crippen LogP contribution is -2.47. The third-order valence-electron chi connectivity index (χ3n) is 4.56. The highest BCUT2D eigenvalue weighted by atomic mass is 35.5. The molecule has 0 amide bonds. The molecule has 4 rings (SSSR count). The van der Waals surface area contributed by atoms with E-state index in [4.69, 9.17) is 34.8 Å². The second-order valence-corrected chi connectivity index (χ2v) is 9.39. The molecule has 1 aliphatic heterocycles. The number of anilines is 1. The monoisotopic (exact) mass is 456 g/mol. The molecule has 146 valence electrons. The van der Waals surface area contributed by atoms with Gasteiger partial charge in [-0.15, -0.1) is 6.58 Å². The largest absolute Gasteiger partial charge is 0.358 e. The van der Waals surface area contributed by atoms with E-state index in [-0.39, 0.29) is 19.6 Å². The fourth-order valence-corrected chi connectivity index (χ4v) is 5.71. The predicted molar refractivity (Wildman–Crippen MR) is 113 cm³/mol. The van der Waals surface area contributed by atoms with E-state index in [0.717, 1.165) is 11.1 Å². The maximum absolute atomic E-state index is 13.4. The molecule has 0 unspecified atom stereocenters. The Balaban J connectivity index is 1.86. The van der Waals surface area contributed by atoms with Crippen LogP contribution in [-0.4, -0.2) is 29.2 Å². The number of H-pyrrole nitrogens is 1. The van der Waals surface area contributed by atoms with Crippen LogP contribution in [0.5, 0.6) is 0 Å². The Bertz CT molecular complexity index is 1180. The van der Waals surface area contributed by atoms with Crippen molar-refractivity contribution < 1.29 is 8.42 Å². The van der Waals surface area contributed by atoms with Crippen molar-refractivity contribution in [2.45, 2.75) is 13.1 Å². The van der Waals surface area contributed by atoms with Crippen molar-refractivity contribution in [3.8, 4) is 0 Å². The Morgan fingerprint density at radius 3 is 2.71 bits per heavy atom. The second-order valence-electron chi connectivity index (χ2n) is 6.34. The first-order chi connectivity index (χ1) is 13.3. The topological polar surface area (TPSA) is 69.3 Å². The molecule has 0 saturated heterocycles. The smallest absolute Gasteiger partial charge is 0.305 e. The number of halogens is 3. The maximum atomic E-state index is 13.4. The van der Waals surface area contributed by atoms with Gasteiger partial charge in [-0.05, 0) is 23.3 Å². The van der Waals surface area contributed by atoms with E-state index in [1.165, 1.54) is 8.61 Å². The number of nitrogens with zero attached hydrogens (tertiary/aromatic N) is 3. The first kappa shape index (κ1) is 19.5. The van der Waals surface area contributed by atoms with E-state index >= 15 is 0 Å². The third kappa shape index (κ3) is 3.17. The fraction of sp³-hybridized carbons (Fsp3) is 0.167. The molecule has 6 nitrogen and oxygen atoms in total. The summed E-state index contributed by atoms with van der Waals surface area (Å²) >= 11 is 18.5. The summed E-state index contributed by atoms with van der Waals surface area (Å²) < 4.78 is 29.4. The van der Waals surface area contributed by atoms with Gasteiger partial charge in [-0.1, -0.05) is 46.9 Å². The number of aromatic nitrogens is 2. The third-order valence-corrected chi connectivity index (χ3v) is 7.18. The highest BCUT2D eigenvalue weighted by Crippen LogP contribution is 2.43. The highest BCUT2D eigenvalue weighted by molar-refractivity contribution is 7.90. The number of fused-ring (bicyclic) bond motifs is 3. The Morgan fingerprint density at radius 1 is 1.25 bits per heavy atom. The average Bonchev–Trinajstić information content (AvgIpc) is 3.03. The van der Waals surface area contributed by atoms with E-state index in [1.807, 2.05) is 0 Å². The summed E-state index contributed by atoms with van der Waals surface area (Å²) in [6.45, 7) is 4.13. The van der Waals surface area contributed by atoms with Crippen LogP contribution >= 0.6 is 34.8 Å². The maximum Gasteiger partial charge on any atom is 0.305 e. The van der Waals surface area contributed by atoms with Crippen LogP contribution in [-0.2, 0) is 23.3 Å². The Hall–Kier alpha value is -1.77. The molecule has 0 aliphatic carbocycles.